The van der Waals surface area contributed by atoms with Gasteiger partial charge < -0.3 is 14.4 Å². The van der Waals surface area contributed by atoms with Crippen LogP contribution >= 0.6 is 0 Å². The van der Waals surface area contributed by atoms with Crippen LogP contribution in [-0.2, 0) is 24.1 Å². The second-order valence-corrected chi connectivity index (χ2v) is 6.22. The first-order valence-electron chi connectivity index (χ1n) is 8.12. The van der Waals surface area contributed by atoms with E-state index in [1.807, 2.05) is 0 Å². The first kappa shape index (κ1) is 16.6. The Labute approximate surface area is 130 Å². The summed E-state index contributed by atoms with van der Waals surface area (Å²) in [5.41, 5.74) is 1.02. The molecule has 5 nitrogen and oxygen atoms in total. The lowest BCUT2D eigenvalue weighted by Gasteiger charge is -2.24. The van der Waals surface area contributed by atoms with Gasteiger partial charge in [-0.25, -0.2) is 4.79 Å². The second kappa shape index (κ2) is 6.99. The highest BCUT2D eigenvalue weighted by molar-refractivity contribution is 5.92. The van der Waals surface area contributed by atoms with Crippen LogP contribution in [0.2, 0.25) is 0 Å². The Morgan fingerprint density at radius 1 is 1.36 bits per heavy atom. The number of hydrogen-bond acceptors (Lipinski definition) is 4. The summed E-state index contributed by atoms with van der Waals surface area (Å²) in [6, 6.07) is 0. The Kier molecular flexibility index (Phi) is 5.27. The van der Waals surface area contributed by atoms with Crippen LogP contribution in [0.15, 0.2) is 4.79 Å². The molecule has 22 heavy (non-hydrogen) atoms. The second-order valence-electron chi connectivity index (χ2n) is 6.22. The molecular formula is C17H25NO4. The molecule has 0 unspecified atom stereocenters. The number of ether oxygens (including phenoxy) is 1. The fourth-order valence-corrected chi connectivity index (χ4v) is 2.98. The summed E-state index contributed by atoms with van der Waals surface area (Å²) in [5, 5.41) is 10.5. The number of rotatable bonds is 5. The van der Waals surface area contributed by atoms with Crippen molar-refractivity contribution in [2.45, 2.75) is 59.4 Å². The van der Waals surface area contributed by atoms with E-state index >= 15 is 0 Å². The summed E-state index contributed by atoms with van der Waals surface area (Å²) in [5.74, 6) is -0.407. The number of carbonyl (C=O) groups is 1. The Balaban J connectivity index is 2.57. The zero-order chi connectivity index (χ0) is 16.3. The minimum atomic E-state index is -0.725. The standard InChI is InChI=1S/C17H25NO4/c1-4-22-17(21)14-15(19)12(9-8-11(2)3)13-7-5-6-10-18(13)16(14)20/h11,19H,4-10H2,1-3H3. The zero-order valence-electron chi connectivity index (χ0n) is 13.6. The van der Waals surface area contributed by atoms with Crippen molar-refractivity contribution in [1.82, 2.24) is 4.57 Å². The van der Waals surface area contributed by atoms with Crippen molar-refractivity contribution in [3.8, 4) is 5.75 Å². The fourth-order valence-electron chi connectivity index (χ4n) is 2.98. The molecule has 0 amide bonds. The van der Waals surface area contributed by atoms with Crippen molar-refractivity contribution in [2.24, 2.45) is 5.92 Å². The van der Waals surface area contributed by atoms with Gasteiger partial charge in [0.1, 0.15) is 5.75 Å². The van der Waals surface area contributed by atoms with Crippen molar-refractivity contribution in [2.75, 3.05) is 6.61 Å². The zero-order valence-corrected chi connectivity index (χ0v) is 13.6. The Morgan fingerprint density at radius 2 is 2.09 bits per heavy atom. The Hall–Kier alpha value is -1.78. The molecule has 1 aliphatic heterocycles. The van der Waals surface area contributed by atoms with Gasteiger partial charge in [0, 0.05) is 17.8 Å². The minimum Gasteiger partial charge on any atom is -0.506 e. The van der Waals surface area contributed by atoms with E-state index in [0.717, 1.165) is 36.9 Å². The molecule has 0 spiro atoms. The van der Waals surface area contributed by atoms with Gasteiger partial charge in [-0.15, -0.1) is 0 Å². The SMILES string of the molecule is CCOC(=O)c1c(O)c(CCC(C)C)c2n(c1=O)CCCC2. The maximum atomic E-state index is 12.5. The molecule has 1 aliphatic rings. The lowest BCUT2D eigenvalue weighted by Crippen LogP contribution is -2.33. The predicted molar refractivity (Wildman–Crippen MR) is 84.4 cm³/mol. The number of esters is 1. The number of fused-ring (bicyclic) bond motifs is 1. The van der Waals surface area contributed by atoms with Crippen LogP contribution in [0, 0.1) is 5.92 Å². The molecule has 0 aromatic carbocycles. The highest BCUT2D eigenvalue weighted by Gasteiger charge is 2.27. The highest BCUT2D eigenvalue weighted by atomic mass is 16.5. The van der Waals surface area contributed by atoms with Crippen LogP contribution in [0.1, 0.15) is 61.6 Å². The monoisotopic (exact) mass is 307 g/mol. The number of nitrogens with zero attached hydrogens (tertiary/aromatic N) is 1. The third-order valence-electron chi connectivity index (χ3n) is 4.15. The Morgan fingerprint density at radius 3 is 2.73 bits per heavy atom. The van der Waals surface area contributed by atoms with Crippen molar-refractivity contribution in [1.29, 1.82) is 0 Å². The van der Waals surface area contributed by atoms with Gasteiger partial charge in [0.2, 0.25) is 0 Å². The van der Waals surface area contributed by atoms with Gasteiger partial charge >= 0.3 is 5.97 Å². The van der Waals surface area contributed by atoms with E-state index in [1.165, 1.54) is 0 Å². The summed E-state index contributed by atoms with van der Waals surface area (Å²) in [6.07, 6.45) is 4.28. The normalized spacial score (nSPS) is 14.0. The largest absolute Gasteiger partial charge is 0.506 e. The highest BCUT2D eigenvalue weighted by Crippen LogP contribution is 2.29. The topological polar surface area (TPSA) is 68.5 Å². The van der Waals surface area contributed by atoms with E-state index in [9.17, 15) is 14.7 Å². The average molecular weight is 307 g/mol. The third kappa shape index (κ3) is 3.18. The summed E-state index contributed by atoms with van der Waals surface area (Å²) < 4.78 is 6.61. The molecule has 2 heterocycles. The van der Waals surface area contributed by atoms with E-state index in [2.05, 4.69) is 13.8 Å². The molecule has 0 fully saturated rings. The van der Waals surface area contributed by atoms with Gasteiger partial charge in [0.05, 0.1) is 6.61 Å². The van der Waals surface area contributed by atoms with E-state index < -0.39 is 11.5 Å². The fraction of sp³-hybridized carbons (Fsp3) is 0.647. The average Bonchev–Trinajstić information content (AvgIpc) is 2.47. The molecule has 1 aromatic rings. The minimum absolute atomic E-state index is 0.169. The van der Waals surface area contributed by atoms with Gasteiger partial charge in [-0.05, 0) is 44.9 Å². The van der Waals surface area contributed by atoms with Crippen LogP contribution in [-0.4, -0.2) is 22.2 Å². The molecule has 5 heteroatoms. The molecule has 122 valence electrons. The summed E-state index contributed by atoms with van der Waals surface area (Å²) in [7, 11) is 0. The molecule has 0 radical (unpaired) electrons. The van der Waals surface area contributed by atoms with Gasteiger partial charge in [-0.3, -0.25) is 4.79 Å². The van der Waals surface area contributed by atoms with E-state index in [4.69, 9.17) is 4.74 Å². The quantitative estimate of drug-likeness (QED) is 0.849. The Bertz CT molecular complexity index is 616. The lowest BCUT2D eigenvalue weighted by atomic mass is 9.94. The molecule has 0 atom stereocenters. The molecule has 0 bridgehead atoms. The summed E-state index contributed by atoms with van der Waals surface area (Å²) >= 11 is 0. The molecule has 1 aromatic heterocycles. The van der Waals surface area contributed by atoms with Gasteiger partial charge in [-0.1, -0.05) is 13.8 Å². The first-order valence-corrected chi connectivity index (χ1v) is 8.12. The number of aromatic nitrogens is 1. The van der Waals surface area contributed by atoms with Crippen LogP contribution in [0.3, 0.4) is 0 Å². The maximum Gasteiger partial charge on any atom is 0.347 e. The molecule has 1 N–H and O–H groups in total. The van der Waals surface area contributed by atoms with E-state index in [-0.39, 0.29) is 17.9 Å². The molecule has 0 saturated carbocycles. The predicted octanol–water partition coefficient (Wildman–Crippen LogP) is 2.66. The van der Waals surface area contributed by atoms with Crippen molar-refractivity contribution < 1.29 is 14.6 Å². The number of aromatic hydroxyl groups is 1. The van der Waals surface area contributed by atoms with Crippen LogP contribution in [0.5, 0.6) is 5.75 Å². The number of carbonyl (C=O) groups excluding carboxylic acids is 1. The van der Waals surface area contributed by atoms with Gasteiger partial charge in [0.25, 0.3) is 5.56 Å². The van der Waals surface area contributed by atoms with Crippen molar-refractivity contribution in [3.63, 3.8) is 0 Å². The van der Waals surface area contributed by atoms with Gasteiger partial charge in [0.15, 0.2) is 5.56 Å². The van der Waals surface area contributed by atoms with Gasteiger partial charge in [-0.2, -0.15) is 0 Å². The van der Waals surface area contributed by atoms with Crippen LogP contribution in [0.25, 0.3) is 0 Å². The molecular weight excluding hydrogens is 282 g/mol. The van der Waals surface area contributed by atoms with E-state index in [0.29, 0.717) is 18.9 Å². The smallest absolute Gasteiger partial charge is 0.347 e. The van der Waals surface area contributed by atoms with Crippen LogP contribution in [0.4, 0.5) is 0 Å². The lowest BCUT2D eigenvalue weighted by molar-refractivity contribution is 0.0519. The summed E-state index contributed by atoms with van der Waals surface area (Å²) in [4.78, 5) is 24.6. The molecule has 2 rings (SSSR count). The summed E-state index contributed by atoms with van der Waals surface area (Å²) in [6.45, 7) is 6.71. The number of pyridine rings is 1. The molecule has 0 saturated heterocycles. The number of hydrogen-bond donors (Lipinski definition) is 1. The third-order valence-corrected chi connectivity index (χ3v) is 4.15. The maximum absolute atomic E-state index is 12.5. The van der Waals surface area contributed by atoms with E-state index in [1.54, 1.807) is 11.5 Å². The van der Waals surface area contributed by atoms with Crippen molar-refractivity contribution >= 4 is 5.97 Å². The molecule has 0 aliphatic carbocycles. The van der Waals surface area contributed by atoms with Crippen molar-refractivity contribution in [3.05, 3.63) is 27.2 Å². The first-order chi connectivity index (χ1) is 10.5. The van der Waals surface area contributed by atoms with Crippen LogP contribution < -0.4 is 5.56 Å².